The van der Waals surface area contributed by atoms with Crippen molar-refractivity contribution in [1.82, 2.24) is 0 Å². The average molecular weight is 245 g/mol. The molecule has 1 atom stereocenters. The minimum Gasteiger partial charge on any atom is -0.329 e. The second-order valence-corrected chi connectivity index (χ2v) is 2.51. The minimum absolute atomic E-state index is 0. The fourth-order valence-electron chi connectivity index (χ4n) is 0.926. The molecule has 1 rings (SSSR count). The van der Waals surface area contributed by atoms with Gasteiger partial charge in [0.2, 0.25) is 0 Å². The van der Waals surface area contributed by atoms with E-state index in [0.29, 0.717) is 0 Å². The highest BCUT2D eigenvalue weighted by Crippen LogP contribution is 2.15. The van der Waals surface area contributed by atoms with Crippen LogP contribution in [0.4, 0.5) is 8.78 Å². The Bertz CT molecular complexity index is 284. The Labute approximate surface area is 93.5 Å². The number of rotatable bonds is 2. The van der Waals surface area contributed by atoms with Crippen LogP contribution in [0.3, 0.4) is 0 Å². The molecule has 2 nitrogen and oxygen atoms in total. The van der Waals surface area contributed by atoms with Gasteiger partial charge in [-0.1, -0.05) is 0 Å². The van der Waals surface area contributed by atoms with E-state index in [4.69, 9.17) is 11.5 Å². The fraction of sp³-hybridized carbons (Fsp3) is 0.250. The quantitative estimate of drug-likeness (QED) is 0.834. The van der Waals surface area contributed by atoms with E-state index in [1.165, 1.54) is 0 Å². The molecule has 1 unspecified atom stereocenters. The van der Waals surface area contributed by atoms with Crippen molar-refractivity contribution in [2.24, 2.45) is 11.5 Å². The van der Waals surface area contributed by atoms with Crippen LogP contribution in [0.5, 0.6) is 0 Å². The molecule has 82 valence electrons. The SMILES string of the molecule is Cl.Cl.NCC(N)c1cc(F)ccc1F. The first kappa shape index (κ1) is 16.0. The molecule has 0 spiro atoms. The third-order valence-corrected chi connectivity index (χ3v) is 1.61. The van der Waals surface area contributed by atoms with E-state index in [0.717, 1.165) is 18.2 Å². The number of hydrogen-bond acceptors (Lipinski definition) is 2. The maximum absolute atomic E-state index is 12.9. The summed E-state index contributed by atoms with van der Waals surface area (Å²) in [5.74, 6) is -1.02. The molecule has 0 radical (unpaired) electrons. The molecule has 0 saturated heterocycles. The third-order valence-electron chi connectivity index (χ3n) is 1.61. The predicted molar refractivity (Wildman–Crippen MR) is 56.8 cm³/mol. The van der Waals surface area contributed by atoms with Gasteiger partial charge in [-0.05, 0) is 18.2 Å². The number of hydrogen-bond donors (Lipinski definition) is 2. The first-order valence-corrected chi connectivity index (χ1v) is 3.55. The van der Waals surface area contributed by atoms with Crippen LogP contribution in [0, 0.1) is 11.6 Å². The van der Waals surface area contributed by atoms with Crippen LogP contribution in [0.25, 0.3) is 0 Å². The monoisotopic (exact) mass is 244 g/mol. The van der Waals surface area contributed by atoms with E-state index < -0.39 is 17.7 Å². The lowest BCUT2D eigenvalue weighted by molar-refractivity contribution is 0.564. The largest absolute Gasteiger partial charge is 0.329 e. The highest BCUT2D eigenvalue weighted by Gasteiger charge is 2.09. The Hall–Kier alpha value is -0.420. The molecular formula is C8H12Cl2F2N2. The van der Waals surface area contributed by atoms with Crippen LogP contribution >= 0.6 is 24.8 Å². The summed E-state index contributed by atoms with van der Waals surface area (Å²) in [5.41, 5.74) is 10.8. The van der Waals surface area contributed by atoms with Gasteiger partial charge in [0.1, 0.15) is 11.6 Å². The van der Waals surface area contributed by atoms with Crippen LogP contribution < -0.4 is 11.5 Å². The third kappa shape index (κ3) is 3.75. The molecule has 0 amide bonds. The van der Waals surface area contributed by atoms with Crippen molar-refractivity contribution < 1.29 is 8.78 Å². The summed E-state index contributed by atoms with van der Waals surface area (Å²) in [6, 6.07) is 2.51. The van der Waals surface area contributed by atoms with Gasteiger partial charge in [-0.2, -0.15) is 0 Å². The summed E-state index contributed by atoms with van der Waals surface area (Å²) in [4.78, 5) is 0. The normalized spacial score (nSPS) is 11.1. The van der Waals surface area contributed by atoms with Gasteiger partial charge in [-0.3, -0.25) is 0 Å². The summed E-state index contributed by atoms with van der Waals surface area (Å²) >= 11 is 0. The van der Waals surface area contributed by atoms with Gasteiger partial charge < -0.3 is 11.5 Å². The van der Waals surface area contributed by atoms with Crippen LogP contribution in [0.2, 0.25) is 0 Å². The Kier molecular flexibility index (Phi) is 7.96. The zero-order chi connectivity index (χ0) is 9.14. The van der Waals surface area contributed by atoms with Gasteiger partial charge in [0.05, 0.1) is 0 Å². The number of benzene rings is 1. The number of halogens is 4. The Balaban J connectivity index is 0. The Morgan fingerprint density at radius 1 is 1.21 bits per heavy atom. The smallest absolute Gasteiger partial charge is 0.128 e. The molecule has 14 heavy (non-hydrogen) atoms. The second-order valence-electron chi connectivity index (χ2n) is 2.51. The van der Waals surface area contributed by atoms with Crippen molar-refractivity contribution in [2.45, 2.75) is 6.04 Å². The van der Waals surface area contributed by atoms with Gasteiger partial charge in [0.15, 0.2) is 0 Å². The van der Waals surface area contributed by atoms with Gasteiger partial charge >= 0.3 is 0 Å². The molecule has 1 aromatic carbocycles. The van der Waals surface area contributed by atoms with Gasteiger partial charge in [-0.15, -0.1) is 24.8 Å². The molecule has 1 aromatic rings. The number of nitrogens with two attached hydrogens (primary N) is 2. The molecular weight excluding hydrogens is 233 g/mol. The van der Waals surface area contributed by atoms with E-state index in [1.807, 2.05) is 0 Å². The van der Waals surface area contributed by atoms with Crippen LogP contribution in [0.1, 0.15) is 11.6 Å². The van der Waals surface area contributed by atoms with Crippen LogP contribution in [-0.2, 0) is 0 Å². The molecule has 0 aliphatic heterocycles. The maximum atomic E-state index is 12.9. The van der Waals surface area contributed by atoms with E-state index in [1.54, 1.807) is 0 Å². The van der Waals surface area contributed by atoms with Crippen molar-refractivity contribution in [3.63, 3.8) is 0 Å². The molecule has 0 aromatic heterocycles. The van der Waals surface area contributed by atoms with E-state index in [2.05, 4.69) is 0 Å². The highest BCUT2D eigenvalue weighted by atomic mass is 35.5. The van der Waals surface area contributed by atoms with Gasteiger partial charge in [-0.25, -0.2) is 8.78 Å². The first-order chi connectivity index (χ1) is 5.65. The molecule has 0 heterocycles. The molecule has 0 aliphatic rings. The van der Waals surface area contributed by atoms with Crippen molar-refractivity contribution in [2.75, 3.05) is 6.54 Å². The van der Waals surface area contributed by atoms with Crippen molar-refractivity contribution in [1.29, 1.82) is 0 Å². The Morgan fingerprint density at radius 3 is 2.29 bits per heavy atom. The van der Waals surface area contributed by atoms with Crippen molar-refractivity contribution >= 4 is 24.8 Å². The summed E-state index contributed by atoms with van der Waals surface area (Å²) in [6.07, 6.45) is 0. The zero-order valence-electron chi connectivity index (χ0n) is 7.24. The molecule has 0 bridgehead atoms. The lowest BCUT2D eigenvalue weighted by Gasteiger charge is -2.09. The summed E-state index contributed by atoms with van der Waals surface area (Å²) in [7, 11) is 0. The first-order valence-electron chi connectivity index (χ1n) is 3.55. The van der Waals surface area contributed by atoms with E-state index in [9.17, 15) is 8.78 Å². The summed E-state index contributed by atoms with van der Waals surface area (Å²) < 4.78 is 25.5. The minimum atomic E-state index is -0.638. The van der Waals surface area contributed by atoms with Crippen molar-refractivity contribution in [3.05, 3.63) is 35.4 Å². The summed E-state index contributed by atoms with van der Waals surface area (Å²) in [6.45, 7) is 0.0976. The maximum Gasteiger partial charge on any atom is 0.128 e. The molecule has 0 fully saturated rings. The van der Waals surface area contributed by atoms with Gasteiger partial charge in [0, 0.05) is 18.2 Å². The molecule has 0 saturated carbocycles. The van der Waals surface area contributed by atoms with Crippen LogP contribution in [-0.4, -0.2) is 6.54 Å². The van der Waals surface area contributed by atoms with E-state index in [-0.39, 0.29) is 36.9 Å². The lowest BCUT2D eigenvalue weighted by atomic mass is 10.1. The van der Waals surface area contributed by atoms with E-state index >= 15 is 0 Å². The standard InChI is InChI=1S/C8H10F2N2.2ClH/c9-5-1-2-7(10)6(3-5)8(12)4-11;;/h1-3,8H,4,11-12H2;2*1H. The molecule has 4 N–H and O–H groups in total. The predicted octanol–water partition coefficient (Wildman–Crippen LogP) is 1.77. The second kappa shape index (κ2) is 6.95. The average Bonchev–Trinajstić information content (AvgIpc) is 2.08. The van der Waals surface area contributed by atoms with Crippen molar-refractivity contribution in [3.8, 4) is 0 Å². The Morgan fingerprint density at radius 2 is 1.79 bits per heavy atom. The highest BCUT2D eigenvalue weighted by molar-refractivity contribution is 5.85. The zero-order valence-corrected chi connectivity index (χ0v) is 8.88. The molecule has 6 heteroatoms. The lowest BCUT2D eigenvalue weighted by Crippen LogP contribution is -2.21. The van der Waals surface area contributed by atoms with Crippen LogP contribution in [0.15, 0.2) is 18.2 Å². The molecule has 0 aliphatic carbocycles. The summed E-state index contributed by atoms with van der Waals surface area (Å²) in [5, 5.41) is 0. The topological polar surface area (TPSA) is 52.0 Å². The van der Waals surface area contributed by atoms with Gasteiger partial charge in [0.25, 0.3) is 0 Å². The fourth-order valence-corrected chi connectivity index (χ4v) is 0.926.